The molecular formula is C11H17ClO. The van der Waals surface area contributed by atoms with Crippen LogP contribution in [0.15, 0.2) is 24.3 Å². The molecule has 1 nitrogen and oxygen atoms in total. The largest absolute Gasteiger partial charge is 0.374 e. The van der Waals surface area contributed by atoms with Gasteiger partial charge >= 0.3 is 0 Å². The van der Waals surface area contributed by atoms with Crippen LogP contribution in [0.4, 0.5) is 0 Å². The molecule has 1 aromatic carbocycles. The molecule has 2 heteroatoms. The first-order valence-corrected chi connectivity index (χ1v) is 4.42. The van der Waals surface area contributed by atoms with Crippen LogP contribution in [0, 0.1) is 0 Å². The summed E-state index contributed by atoms with van der Waals surface area (Å²) in [7, 11) is 0. The van der Waals surface area contributed by atoms with Gasteiger partial charge in [-0.1, -0.05) is 31.2 Å². The number of hydrogen-bond acceptors (Lipinski definition) is 1. The van der Waals surface area contributed by atoms with E-state index >= 15 is 0 Å². The Morgan fingerprint density at radius 1 is 1.38 bits per heavy atom. The van der Waals surface area contributed by atoms with E-state index in [0.717, 1.165) is 10.6 Å². The van der Waals surface area contributed by atoms with Crippen LogP contribution in [0.3, 0.4) is 0 Å². The molecule has 0 N–H and O–H groups in total. The minimum Gasteiger partial charge on any atom is -0.374 e. The van der Waals surface area contributed by atoms with E-state index in [0.29, 0.717) is 6.61 Å². The standard InChI is InChI=1S/C10H13ClO.CH4/c1-8(2)12-7-9-4-3-5-10(11)6-9;/h3-6,8H,7H2,1-2H3;1H4. The molecule has 0 amide bonds. The average Bonchev–Trinajstić information content (AvgIpc) is 2.01. The Bertz CT molecular complexity index is 246. The van der Waals surface area contributed by atoms with Gasteiger partial charge in [-0.15, -0.1) is 0 Å². The average molecular weight is 201 g/mol. The summed E-state index contributed by atoms with van der Waals surface area (Å²) in [6.45, 7) is 4.67. The third-order valence-corrected chi connectivity index (χ3v) is 1.71. The first-order valence-electron chi connectivity index (χ1n) is 4.04. The van der Waals surface area contributed by atoms with E-state index in [2.05, 4.69) is 0 Å². The highest BCUT2D eigenvalue weighted by atomic mass is 35.5. The fourth-order valence-electron chi connectivity index (χ4n) is 0.890. The molecule has 0 bridgehead atoms. The second kappa shape index (κ2) is 6.01. The third kappa shape index (κ3) is 4.91. The number of rotatable bonds is 3. The van der Waals surface area contributed by atoms with Crippen LogP contribution in [0.25, 0.3) is 0 Å². The van der Waals surface area contributed by atoms with Crippen molar-refractivity contribution >= 4 is 11.6 Å². The van der Waals surface area contributed by atoms with Crippen molar-refractivity contribution in [2.24, 2.45) is 0 Å². The van der Waals surface area contributed by atoms with Crippen molar-refractivity contribution < 1.29 is 4.74 Å². The van der Waals surface area contributed by atoms with Gasteiger partial charge in [0.05, 0.1) is 12.7 Å². The fraction of sp³-hybridized carbons (Fsp3) is 0.455. The predicted molar refractivity (Wildman–Crippen MR) is 58.1 cm³/mol. The van der Waals surface area contributed by atoms with Crippen LogP contribution in [0.5, 0.6) is 0 Å². The number of hydrogen-bond donors (Lipinski definition) is 0. The van der Waals surface area contributed by atoms with Crippen LogP contribution in [0.1, 0.15) is 26.8 Å². The first-order chi connectivity index (χ1) is 5.68. The van der Waals surface area contributed by atoms with Gasteiger partial charge in [0.2, 0.25) is 0 Å². The van der Waals surface area contributed by atoms with Crippen LogP contribution in [-0.4, -0.2) is 6.10 Å². The van der Waals surface area contributed by atoms with E-state index in [-0.39, 0.29) is 13.5 Å². The Morgan fingerprint density at radius 3 is 2.62 bits per heavy atom. The minimum atomic E-state index is 0. The number of halogens is 1. The van der Waals surface area contributed by atoms with Crippen LogP contribution >= 0.6 is 11.6 Å². The molecule has 0 saturated heterocycles. The molecule has 0 atom stereocenters. The summed E-state index contributed by atoms with van der Waals surface area (Å²) in [5.41, 5.74) is 1.12. The molecular weight excluding hydrogens is 184 g/mol. The van der Waals surface area contributed by atoms with E-state index in [1.165, 1.54) is 0 Å². The van der Waals surface area contributed by atoms with Gasteiger partial charge in [0.1, 0.15) is 0 Å². The molecule has 0 aliphatic carbocycles. The van der Waals surface area contributed by atoms with E-state index < -0.39 is 0 Å². The van der Waals surface area contributed by atoms with Gasteiger partial charge < -0.3 is 4.74 Å². The first kappa shape index (κ1) is 12.5. The Hall–Kier alpha value is -0.530. The van der Waals surface area contributed by atoms with Crippen molar-refractivity contribution in [3.8, 4) is 0 Å². The molecule has 1 aromatic rings. The normalized spacial score (nSPS) is 9.85. The van der Waals surface area contributed by atoms with Crippen LogP contribution in [0.2, 0.25) is 5.02 Å². The Balaban J connectivity index is 0.00000144. The summed E-state index contributed by atoms with van der Waals surface area (Å²) in [6, 6.07) is 7.72. The molecule has 13 heavy (non-hydrogen) atoms. The molecule has 1 rings (SSSR count). The highest BCUT2D eigenvalue weighted by molar-refractivity contribution is 6.30. The van der Waals surface area contributed by atoms with Crippen LogP contribution in [-0.2, 0) is 11.3 Å². The summed E-state index contributed by atoms with van der Waals surface area (Å²) >= 11 is 5.80. The molecule has 0 heterocycles. The van der Waals surface area contributed by atoms with Gasteiger partial charge in [-0.05, 0) is 31.5 Å². The SMILES string of the molecule is C.CC(C)OCc1cccc(Cl)c1. The molecule has 0 fully saturated rings. The van der Waals surface area contributed by atoms with Gasteiger partial charge in [-0.3, -0.25) is 0 Å². The lowest BCUT2D eigenvalue weighted by Gasteiger charge is -2.07. The topological polar surface area (TPSA) is 9.23 Å². The zero-order valence-electron chi connectivity index (χ0n) is 7.38. The third-order valence-electron chi connectivity index (χ3n) is 1.47. The zero-order valence-corrected chi connectivity index (χ0v) is 8.14. The zero-order chi connectivity index (χ0) is 8.97. The van der Waals surface area contributed by atoms with Gasteiger partial charge in [0, 0.05) is 5.02 Å². The fourth-order valence-corrected chi connectivity index (χ4v) is 1.10. The Kier molecular flexibility index (Phi) is 5.76. The van der Waals surface area contributed by atoms with Gasteiger partial charge in [0.25, 0.3) is 0 Å². The maximum atomic E-state index is 5.80. The maximum absolute atomic E-state index is 5.80. The van der Waals surface area contributed by atoms with E-state index in [9.17, 15) is 0 Å². The van der Waals surface area contributed by atoms with E-state index in [1.54, 1.807) is 0 Å². The van der Waals surface area contributed by atoms with Gasteiger partial charge in [-0.2, -0.15) is 0 Å². The molecule has 0 saturated carbocycles. The molecule has 0 unspecified atom stereocenters. The highest BCUT2D eigenvalue weighted by Crippen LogP contribution is 2.11. The summed E-state index contributed by atoms with van der Waals surface area (Å²) in [6.07, 6.45) is 0.268. The molecule has 0 aliphatic rings. The molecule has 74 valence electrons. The summed E-state index contributed by atoms with van der Waals surface area (Å²) in [5.74, 6) is 0. The summed E-state index contributed by atoms with van der Waals surface area (Å²) in [5, 5.41) is 0.764. The maximum Gasteiger partial charge on any atom is 0.0720 e. The Morgan fingerprint density at radius 2 is 2.08 bits per heavy atom. The molecule has 0 spiro atoms. The molecule has 0 aromatic heterocycles. The van der Waals surface area contributed by atoms with Crippen molar-refractivity contribution in [1.29, 1.82) is 0 Å². The summed E-state index contributed by atoms with van der Waals surface area (Å²) < 4.78 is 5.42. The van der Waals surface area contributed by atoms with Crippen LogP contribution < -0.4 is 0 Å². The van der Waals surface area contributed by atoms with Gasteiger partial charge in [0.15, 0.2) is 0 Å². The number of benzene rings is 1. The second-order valence-corrected chi connectivity index (χ2v) is 3.43. The van der Waals surface area contributed by atoms with Crippen molar-refractivity contribution in [3.05, 3.63) is 34.9 Å². The highest BCUT2D eigenvalue weighted by Gasteiger charge is 1.96. The quantitative estimate of drug-likeness (QED) is 0.719. The Labute approximate surface area is 85.7 Å². The smallest absolute Gasteiger partial charge is 0.0720 e. The second-order valence-electron chi connectivity index (χ2n) is 2.99. The summed E-state index contributed by atoms with van der Waals surface area (Å²) in [4.78, 5) is 0. The van der Waals surface area contributed by atoms with Crippen molar-refractivity contribution in [1.82, 2.24) is 0 Å². The van der Waals surface area contributed by atoms with E-state index in [1.807, 2.05) is 38.1 Å². The lowest BCUT2D eigenvalue weighted by Crippen LogP contribution is -2.01. The van der Waals surface area contributed by atoms with Gasteiger partial charge in [-0.25, -0.2) is 0 Å². The lowest BCUT2D eigenvalue weighted by atomic mass is 10.2. The predicted octanol–water partition coefficient (Wildman–Crippen LogP) is 3.90. The molecule has 0 aliphatic heterocycles. The lowest BCUT2D eigenvalue weighted by molar-refractivity contribution is 0.0657. The van der Waals surface area contributed by atoms with E-state index in [4.69, 9.17) is 16.3 Å². The molecule has 0 radical (unpaired) electrons. The van der Waals surface area contributed by atoms with Crippen molar-refractivity contribution in [2.45, 2.75) is 34.0 Å². The number of ether oxygens (including phenoxy) is 1. The van der Waals surface area contributed by atoms with Crippen molar-refractivity contribution in [3.63, 3.8) is 0 Å². The monoisotopic (exact) mass is 200 g/mol. The minimum absolute atomic E-state index is 0. The van der Waals surface area contributed by atoms with Crippen molar-refractivity contribution in [2.75, 3.05) is 0 Å².